The molecule has 0 aromatic heterocycles. The number of carbonyl (C=O) groups excluding carboxylic acids is 1. The lowest BCUT2D eigenvalue weighted by Gasteiger charge is -2.25. The van der Waals surface area contributed by atoms with E-state index in [1.807, 2.05) is 5.32 Å². The summed E-state index contributed by atoms with van der Waals surface area (Å²) in [6, 6.07) is 10.4. The Labute approximate surface area is 181 Å². The van der Waals surface area contributed by atoms with Gasteiger partial charge in [-0.2, -0.15) is 13.2 Å². The minimum atomic E-state index is -5.15. The predicted octanol–water partition coefficient (Wildman–Crippen LogP) is 3.99. The van der Waals surface area contributed by atoms with Crippen LogP contribution in [0.3, 0.4) is 0 Å². The Kier molecular flexibility index (Phi) is 7.14. The van der Waals surface area contributed by atoms with Crippen LogP contribution in [0.4, 0.5) is 18.9 Å². The highest BCUT2D eigenvalue weighted by Crippen LogP contribution is 2.35. The van der Waals surface area contributed by atoms with E-state index in [1.165, 1.54) is 56.2 Å². The molecule has 30 heavy (non-hydrogen) atoms. The molecule has 0 bridgehead atoms. The van der Waals surface area contributed by atoms with Crippen molar-refractivity contribution < 1.29 is 31.5 Å². The Morgan fingerprint density at radius 2 is 1.63 bits per heavy atom. The molecular formula is C18H18ClF3N2O4S2. The number of aliphatic hydroxyl groups is 1. The van der Waals surface area contributed by atoms with Crippen LogP contribution in [0.2, 0.25) is 5.02 Å². The molecule has 0 heterocycles. The van der Waals surface area contributed by atoms with Gasteiger partial charge in [0.1, 0.15) is 0 Å². The van der Waals surface area contributed by atoms with Crippen molar-refractivity contribution in [2.75, 3.05) is 19.4 Å². The van der Waals surface area contributed by atoms with Gasteiger partial charge in [-0.25, -0.2) is 12.7 Å². The zero-order valence-electron chi connectivity index (χ0n) is 16.0. The third kappa shape index (κ3) is 5.27. The van der Waals surface area contributed by atoms with Gasteiger partial charge in [0.05, 0.1) is 15.6 Å². The average Bonchev–Trinajstić information content (AvgIpc) is 2.63. The molecule has 0 fully saturated rings. The molecule has 164 valence electrons. The molecule has 2 rings (SSSR count). The first-order valence-electron chi connectivity index (χ1n) is 8.27. The average molecular weight is 483 g/mol. The fourth-order valence-corrected chi connectivity index (χ4v) is 4.11. The molecule has 0 aliphatic rings. The van der Waals surface area contributed by atoms with Crippen LogP contribution in [-0.4, -0.2) is 49.6 Å². The van der Waals surface area contributed by atoms with E-state index >= 15 is 0 Å². The quantitative estimate of drug-likeness (QED) is 0.650. The summed E-state index contributed by atoms with van der Waals surface area (Å²) in [5.41, 5.74) is -3.67. The first-order chi connectivity index (χ1) is 13.7. The monoisotopic (exact) mass is 482 g/mol. The molecule has 0 saturated carbocycles. The SMILES string of the molecule is CN(C)S(=O)(=O)c1ccc(Sc2ccc(NC(=O)[C@@](C)(O)C(F)(F)F)c(Cl)c2)cc1. The van der Waals surface area contributed by atoms with Crippen molar-refractivity contribution in [2.24, 2.45) is 0 Å². The Morgan fingerprint density at radius 1 is 1.10 bits per heavy atom. The first kappa shape index (κ1) is 24.5. The number of benzene rings is 2. The van der Waals surface area contributed by atoms with Gasteiger partial charge in [-0.3, -0.25) is 4.79 Å². The van der Waals surface area contributed by atoms with E-state index in [9.17, 15) is 31.5 Å². The number of alkyl halides is 3. The van der Waals surface area contributed by atoms with Gasteiger partial charge in [0.25, 0.3) is 5.91 Å². The van der Waals surface area contributed by atoms with Crippen molar-refractivity contribution >= 4 is 45.0 Å². The van der Waals surface area contributed by atoms with Crippen LogP contribution in [0, 0.1) is 0 Å². The van der Waals surface area contributed by atoms with Crippen molar-refractivity contribution in [3.05, 3.63) is 47.5 Å². The van der Waals surface area contributed by atoms with Crippen LogP contribution in [0.15, 0.2) is 57.2 Å². The molecule has 2 aromatic carbocycles. The molecule has 6 nitrogen and oxygen atoms in total. The second-order valence-electron chi connectivity index (χ2n) is 6.53. The number of hydrogen-bond donors (Lipinski definition) is 2. The normalized spacial score (nSPS) is 14.4. The number of rotatable bonds is 6. The third-order valence-electron chi connectivity index (χ3n) is 4.02. The molecule has 0 radical (unpaired) electrons. The zero-order chi connectivity index (χ0) is 22.9. The number of hydrogen-bond acceptors (Lipinski definition) is 5. The second kappa shape index (κ2) is 8.75. The largest absolute Gasteiger partial charge is 0.426 e. The minimum absolute atomic E-state index is 0.0295. The number of carbonyl (C=O) groups is 1. The van der Waals surface area contributed by atoms with E-state index in [0.29, 0.717) is 16.7 Å². The summed E-state index contributed by atoms with van der Waals surface area (Å²) in [6.45, 7) is 0.348. The summed E-state index contributed by atoms with van der Waals surface area (Å²) < 4.78 is 63.5. The van der Waals surface area contributed by atoms with Gasteiger partial charge in [0.2, 0.25) is 15.6 Å². The number of amides is 1. The van der Waals surface area contributed by atoms with Crippen LogP contribution in [0.5, 0.6) is 0 Å². The number of anilines is 1. The van der Waals surface area contributed by atoms with E-state index < -0.39 is 27.7 Å². The summed E-state index contributed by atoms with van der Waals surface area (Å²) in [6.07, 6.45) is -5.15. The Hall–Kier alpha value is -1.79. The molecule has 0 saturated heterocycles. The van der Waals surface area contributed by atoms with Gasteiger partial charge < -0.3 is 10.4 Å². The maximum absolute atomic E-state index is 12.8. The minimum Gasteiger partial charge on any atom is -0.373 e. The van der Waals surface area contributed by atoms with Crippen molar-refractivity contribution in [2.45, 2.75) is 33.4 Å². The summed E-state index contributed by atoms with van der Waals surface area (Å²) in [4.78, 5) is 13.2. The lowest BCUT2D eigenvalue weighted by atomic mass is 10.1. The summed E-state index contributed by atoms with van der Waals surface area (Å²) in [7, 11) is -0.701. The summed E-state index contributed by atoms with van der Waals surface area (Å²) in [5.74, 6) is -1.66. The number of nitrogens with one attached hydrogen (secondary N) is 1. The number of sulfonamides is 1. The second-order valence-corrected chi connectivity index (χ2v) is 10.2. The molecule has 0 spiro atoms. The number of halogens is 4. The molecule has 0 aliphatic carbocycles. The molecular weight excluding hydrogens is 465 g/mol. The summed E-state index contributed by atoms with van der Waals surface area (Å²) >= 11 is 7.28. The maximum atomic E-state index is 12.8. The topological polar surface area (TPSA) is 86.7 Å². The molecule has 2 N–H and O–H groups in total. The van der Waals surface area contributed by atoms with E-state index in [2.05, 4.69) is 0 Å². The van der Waals surface area contributed by atoms with Gasteiger partial charge in [-0.05, 0) is 49.4 Å². The first-order valence-corrected chi connectivity index (χ1v) is 10.9. The molecule has 1 amide bonds. The fraction of sp³-hybridized carbons (Fsp3) is 0.278. The highest BCUT2D eigenvalue weighted by atomic mass is 35.5. The smallest absolute Gasteiger partial charge is 0.373 e. The van der Waals surface area contributed by atoms with Gasteiger partial charge in [-0.1, -0.05) is 23.4 Å². The van der Waals surface area contributed by atoms with Gasteiger partial charge >= 0.3 is 6.18 Å². The molecule has 2 aromatic rings. The highest BCUT2D eigenvalue weighted by Gasteiger charge is 2.55. The van der Waals surface area contributed by atoms with Crippen LogP contribution in [0.25, 0.3) is 0 Å². The van der Waals surface area contributed by atoms with Crippen LogP contribution in [-0.2, 0) is 14.8 Å². The van der Waals surface area contributed by atoms with E-state index in [4.69, 9.17) is 11.6 Å². The van der Waals surface area contributed by atoms with Gasteiger partial charge in [0, 0.05) is 23.9 Å². The lowest BCUT2D eigenvalue weighted by Crippen LogP contribution is -2.52. The van der Waals surface area contributed by atoms with Crippen molar-refractivity contribution in [3.8, 4) is 0 Å². The molecule has 12 heteroatoms. The zero-order valence-corrected chi connectivity index (χ0v) is 18.4. The maximum Gasteiger partial charge on any atom is 0.426 e. The van der Waals surface area contributed by atoms with Gasteiger partial charge in [-0.15, -0.1) is 0 Å². The third-order valence-corrected chi connectivity index (χ3v) is 7.16. The lowest BCUT2D eigenvalue weighted by molar-refractivity contribution is -0.242. The van der Waals surface area contributed by atoms with Crippen LogP contribution < -0.4 is 5.32 Å². The highest BCUT2D eigenvalue weighted by molar-refractivity contribution is 7.99. The number of nitrogens with zero attached hydrogens (tertiary/aromatic N) is 1. The Bertz CT molecular complexity index is 1040. The van der Waals surface area contributed by atoms with Crippen molar-refractivity contribution in [1.29, 1.82) is 0 Å². The standard InChI is InChI=1S/C18H18ClF3N2O4S2/c1-17(26,18(20,21)22)16(25)23-15-9-6-12(10-14(15)19)29-11-4-7-13(8-5-11)30(27,28)24(2)3/h4-10,26H,1-3H3,(H,23,25)/t17-/m1/s1. The van der Waals surface area contributed by atoms with Crippen LogP contribution >= 0.6 is 23.4 Å². The molecule has 1 atom stereocenters. The van der Waals surface area contributed by atoms with Crippen molar-refractivity contribution in [1.82, 2.24) is 4.31 Å². The van der Waals surface area contributed by atoms with E-state index in [1.54, 1.807) is 12.1 Å². The fourth-order valence-electron chi connectivity index (χ4n) is 2.06. The van der Waals surface area contributed by atoms with E-state index in [-0.39, 0.29) is 15.6 Å². The molecule has 0 unspecified atom stereocenters. The van der Waals surface area contributed by atoms with E-state index in [0.717, 1.165) is 4.31 Å². The van der Waals surface area contributed by atoms with Gasteiger partial charge in [0.15, 0.2) is 0 Å². The Morgan fingerprint density at radius 3 is 2.10 bits per heavy atom. The molecule has 0 aliphatic heterocycles. The summed E-state index contributed by atoms with van der Waals surface area (Å²) in [5, 5.41) is 11.3. The Balaban J connectivity index is 2.15. The predicted molar refractivity (Wildman–Crippen MR) is 108 cm³/mol. The van der Waals surface area contributed by atoms with Crippen molar-refractivity contribution in [3.63, 3.8) is 0 Å². The van der Waals surface area contributed by atoms with Crippen LogP contribution in [0.1, 0.15) is 6.92 Å².